The standard InChI is InChI=1S/C11H15N3O5/c1-7(2)14(6-10(17)18)9(16)5-13-4-3-8(15)12-11(13)19/h3-4,7H,5-6H2,1-2H3,(H,17,18)(H,12,15,19). The molecule has 0 aliphatic carbocycles. The maximum absolute atomic E-state index is 11.9. The lowest BCUT2D eigenvalue weighted by molar-refractivity contribution is -0.146. The second-order valence-electron chi connectivity index (χ2n) is 4.25. The topological polar surface area (TPSA) is 112 Å². The van der Waals surface area contributed by atoms with Crippen molar-refractivity contribution >= 4 is 11.9 Å². The summed E-state index contributed by atoms with van der Waals surface area (Å²) in [6, 6.07) is 0.813. The average molecular weight is 269 g/mol. The fraction of sp³-hybridized carbons (Fsp3) is 0.455. The molecule has 1 heterocycles. The molecule has 2 N–H and O–H groups in total. The Morgan fingerprint density at radius 1 is 1.42 bits per heavy atom. The molecule has 1 aromatic rings. The maximum Gasteiger partial charge on any atom is 0.328 e. The van der Waals surface area contributed by atoms with Gasteiger partial charge >= 0.3 is 11.7 Å². The second kappa shape index (κ2) is 5.98. The zero-order valence-electron chi connectivity index (χ0n) is 10.6. The van der Waals surface area contributed by atoms with E-state index < -0.39 is 29.7 Å². The van der Waals surface area contributed by atoms with Crippen LogP contribution in [0.25, 0.3) is 0 Å². The summed E-state index contributed by atoms with van der Waals surface area (Å²) >= 11 is 0. The summed E-state index contributed by atoms with van der Waals surface area (Å²) in [6.45, 7) is 2.60. The number of hydrogen-bond donors (Lipinski definition) is 2. The highest BCUT2D eigenvalue weighted by Gasteiger charge is 2.20. The number of aromatic amines is 1. The van der Waals surface area contributed by atoms with Gasteiger partial charge in [-0.05, 0) is 13.8 Å². The van der Waals surface area contributed by atoms with E-state index in [2.05, 4.69) is 0 Å². The molecule has 0 saturated heterocycles. The van der Waals surface area contributed by atoms with E-state index in [9.17, 15) is 19.2 Å². The van der Waals surface area contributed by atoms with Gasteiger partial charge in [-0.2, -0.15) is 0 Å². The van der Waals surface area contributed by atoms with Crippen LogP contribution < -0.4 is 11.2 Å². The minimum Gasteiger partial charge on any atom is -0.480 e. The van der Waals surface area contributed by atoms with Gasteiger partial charge in [0, 0.05) is 18.3 Å². The molecule has 1 rings (SSSR count). The normalized spacial score (nSPS) is 10.5. The maximum atomic E-state index is 11.9. The van der Waals surface area contributed by atoms with Gasteiger partial charge in [0.1, 0.15) is 13.1 Å². The first-order valence-corrected chi connectivity index (χ1v) is 5.62. The number of amides is 1. The van der Waals surface area contributed by atoms with Crippen LogP contribution in [0.4, 0.5) is 0 Å². The fourth-order valence-corrected chi connectivity index (χ4v) is 1.51. The Morgan fingerprint density at radius 3 is 2.53 bits per heavy atom. The molecule has 0 saturated carbocycles. The summed E-state index contributed by atoms with van der Waals surface area (Å²) in [5.74, 6) is -1.64. The summed E-state index contributed by atoms with van der Waals surface area (Å²) < 4.78 is 1.01. The number of carbonyl (C=O) groups excluding carboxylic acids is 1. The third-order valence-corrected chi connectivity index (χ3v) is 2.45. The van der Waals surface area contributed by atoms with Crippen LogP contribution in [-0.4, -0.2) is 44.0 Å². The Balaban J connectivity index is 2.90. The molecule has 19 heavy (non-hydrogen) atoms. The van der Waals surface area contributed by atoms with Crippen LogP contribution in [0.15, 0.2) is 21.9 Å². The molecule has 8 heteroatoms. The minimum atomic E-state index is -1.13. The number of rotatable bonds is 5. The fourth-order valence-electron chi connectivity index (χ4n) is 1.51. The number of carboxylic acids is 1. The van der Waals surface area contributed by atoms with Crippen LogP contribution in [0.2, 0.25) is 0 Å². The lowest BCUT2D eigenvalue weighted by Gasteiger charge is -2.25. The van der Waals surface area contributed by atoms with Crippen molar-refractivity contribution in [1.82, 2.24) is 14.5 Å². The van der Waals surface area contributed by atoms with E-state index in [0.717, 1.165) is 15.5 Å². The number of nitrogens with zero attached hydrogens (tertiary/aromatic N) is 2. The quantitative estimate of drug-likeness (QED) is 0.701. The Labute approximate surface area is 108 Å². The molecule has 0 atom stereocenters. The van der Waals surface area contributed by atoms with E-state index in [1.54, 1.807) is 13.8 Å². The van der Waals surface area contributed by atoms with Gasteiger partial charge in [-0.1, -0.05) is 0 Å². The Hall–Kier alpha value is -2.38. The van der Waals surface area contributed by atoms with E-state index in [1.807, 2.05) is 4.98 Å². The summed E-state index contributed by atoms with van der Waals surface area (Å²) in [5.41, 5.74) is -1.26. The molecular weight excluding hydrogens is 254 g/mol. The average Bonchev–Trinajstić information content (AvgIpc) is 2.29. The molecule has 0 bridgehead atoms. The van der Waals surface area contributed by atoms with Gasteiger partial charge in [0.05, 0.1) is 0 Å². The SMILES string of the molecule is CC(C)N(CC(=O)O)C(=O)Cn1ccc(=O)[nH]c1=O. The van der Waals surface area contributed by atoms with E-state index >= 15 is 0 Å². The van der Waals surface area contributed by atoms with Crippen molar-refractivity contribution in [2.45, 2.75) is 26.4 Å². The van der Waals surface area contributed by atoms with Crippen molar-refractivity contribution in [1.29, 1.82) is 0 Å². The molecule has 0 spiro atoms. The van der Waals surface area contributed by atoms with Gasteiger partial charge in [-0.3, -0.25) is 23.9 Å². The number of hydrogen-bond acceptors (Lipinski definition) is 4. The summed E-state index contributed by atoms with van der Waals surface area (Å²) in [4.78, 5) is 48.1. The molecule has 0 aromatic carbocycles. The smallest absolute Gasteiger partial charge is 0.328 e. The van der Waals surface area contributed by atoms with Crippen LogP contribution in [0.5, 0.6) is 0 Å². The summed E-state index contributed by atoms with van der Waals surface area (Å²) in [6.07, 6.45) is 1.19. The Kier molecular flexibility index (Phi) is 4.62. The van der Waals surface area contributed by atoms with Crippen LogP contribution >= 0.6 is 0 Å². The summed E-state index contributed by atoms with van der Waals surface area (Å²) in [5, 5.41) is 8.73. The number of H-pyrrole nitrogens is 1. The number of aromatic nitrogens is 2. The van der Waals surface area contributed by atoms with Gasteiger partial charge in [-0.25, -0.2) is 4.79 Å². The largest absolute Gasteiger partial charge is 0.480 e. The van der Waals surface area contributed by atoms with Crippen LogP contribution in [0.3, 0.4) is 0 Å². The third-order valence-electron chi connectivity index (χ3n) is 2.45. The first-order valence-electron chi connectivity index (χ1n) is 5.62. The highest BCUT2D eigenvalue weighted by Crippen LogP contribution is 2.00. The van der Waals surface area contributed by atoms with Crippen molar-refractivity contribution in [3.05, 3.63) is 33.1 Å². The monoisotopic (exact) mass is 269 g/mol. The van der Waals surface area contributed by atoms with E-state index in [0.29, 0.717) is 0 Å². The summed E-state index contributed by atoms with van der Waals surface area (Å²) in [7, 11) is 0. The number of carbonyl (C=O) groups is 2. The second-order valence-corrected chi connectivity index (χ2v) is 4.25. The molecule has 0 fully saturated rings. The molecule has 0 aliphatic rings. The first-order chi connectivity index (χ1) is 8.81. The zero-order chi connectivity index (χ0) is 14.6. The van der Waals surface area contributed by atoms with Gasteiger partial charge < -0.3 is 10.0 Å². The van der Waals surface area contributed by atoms with E-state index in [-0.39, 0.29) is 12.6 Å². The molecule has 8 nitrogen and oxygen atoms in total. The molecule has 0 unspecified atom stereocenters. The molecular formula is C11H15N3O5. The van der Waals surface area contributed by atoms with Gasteiger partial charge in [0.25, 0.3) is 5.56 Å². The number of aliphatic carboxylic acids is 1. The Bertz CT molecular complexity index is 586. The van der Waals surface area contributed by atoms with Gasteiger partial charge in [0.15, 0.2) is 0 Å². The third kappa shape index (κ3) is 4.09. The van der Waals surface area contributed by atoms with Crippen molar-refractivity contribution in [3.63, 3.8) is 0 Å². The van der Waals surface area contributed by atoms with Crippen LogP contribution in [0.1, 0.15) is 13.8 Å². The van der Waals surface area contributed by atoms with Gasteiger partial charge in [-0.15, -0.1) is 0 Å². The number of carboxylic acid groups (broad SMARTS) is 1. The van der Waals surface area contributed by atoms with Crippen molar-refractivity contribution in [3.8, 4) is 0 Å². The highest BCUT2D eigenvalue weighted by molar-refractivity contribution is 5.81. The lowest BCUT2D eigenvalue weighted by atomic mass is 10.3. The van der Waals surface area contributed by atoms with Crippen LogP contribution in [0, 0.1) is 0 Å². The number of nitrogens with one attached hydrogen (secondary N) is 1. The minimum absolute atomic E-state index is 0.304. The van der Waals surface area contributed by atoms with Crippen LogP contribution in [-0.2, 0) is 16.1 Å². The molecule has 1 amide bonds. The molecule has 0 aliphatic heterocycles. The first kappa shape index (κ1) is 14.7. The Morgan fingerprint density at radius 2 is 2.05 bits per heavy atom. The predicted molar refractivity (Wildman–Crippen MR) is 65.8 cm³/mol. The lowest BCUT2D eigenvalue weighted by Crippen LogP contribution is -2.44. The zero-order valence-corrected chi connectivity index (χ0v) is 10.6. The van der Waals surface area contributed by atoms with Crippen molar-refractivity contribution in [2.24, 2.45) is 0 Å². The van der Waals surface area contributed by atoms with E-state index in [4.69, 9.17) is 5.11 Å². The predicted octanol–water partition coefficient (Wildman–Crippen LogP) is -1.14. The van der Waals surface area contributed by atoms with Gasteiger partial charge in [0.2, 0.25) is 5.91 Å². The van der Waals surface area contributed by atoms with Crippen molar-refractivity contribution < 1.29 is 14.7 Å². The molecule has 1 aromatic heterocycles. The molecule has 104 valence electrons. The highest BCUT2D eigenvalue weighted by atomic mass is 16.4. The van der Waals surface area contributed by atoms with Crippen molar-refractivity contribution in [2.75, 3.05) is 6.54 Å². The van der Waals surface area contributed by atoms with E-state index in [1.165, 1.54) is 6.20 Å². The molecule has 0 radical (unpaired) electrons.